The average molecular weight is 417 g/mol. The second kappa shape index (κ2) is 9.02. The molecule has 2 aromatic carbocycles. The van der Waals surface area contributed by atoms with Gasteiger partial charge in [-0.05, 0) is 45.0 Å². The van der Waals surface area contributed by atoms with Gasteiger partial charge in [-0.3, -0.25) is 0 Å². The van der Waals surface area contributed by atoms with Crippen LogP contribution in [-0.2, 0) is 6.18 Å². The highest BCUT2D eigenvalue weighted by Gasteiger charge is 2.37. The molecule has 0 atom stereocenters. The number of benzene rings is 2. The van der Waals surface area contributed by atoms with Crippen LogP contribution in [0.2, 0.25) is 0 Å². The van der Waals surface area contributed by atoms with E-state index in [0.717, 1.165) is 6.20 Å². The molecule has 158 valence electrons. The number of aromatic nitrogens is 2. The number of halogens is 3. The third-order valence-electron chi connectivity index (χ3n) is 4.06. The van der Waals surface area contributed by atoms with Crippen LogP contribution in [0.1, 0.15) is 26.3 Å². The first-order valence-corrected chi connectivity index (χ1v) is 9.49. The summed E-state index contributed by atoms with van der Waals surface area (Å²) in [7, 11) is 0. The van der Waals surface area contributed by atoms with Gasteiger partial charge in [-0.2, -0.15) is 18.2 Å². The Balaban J connectivity index is 2.01. The van der Waals surface area contributed by atoms with Crippen molar-refractivity contribution in [3.8, 4) is 17.4 Å². The SMILES string of the molecule is CCN(c1cccc(OC(C)C)c1)c1ncc(C(F)(F)F)c(Oc2ccccc2)n1. The van der Waals surface area contributed by atoms with Crippen molar-refractivity contribution in [3.63, 3.8) is 0 Å². The fourth-order valence-electron chi connectivity index (χ4n) is 2.80. The number of para-hydroxylation sites is 1. The predicted octanol–water partition coefficient (Wildman–Crippen LogP) is 6.23. The van der Waals surface area contributed by atoms with Crippen molar-refractivity contribution in [1.29, 1.82) is 0 Å². The minimum absolute atomic E-state index is 0.0106. The Morgan fingerprint density at radius 1 is 1.00 bits per heavy atom. The Morgan fingerprint density at radius 3 is 2.33 bits per heavy atom. The second-order valence-corrected chi connectivity index (χ2v) is 6.71. The normalized spacial score (nSPS) is 11.4. The maximum atomic E-state index is 13.5. The van der Waals surface area contributed by atoms with Crippen molar-refractivity contribution in [1.82, 2.24) is 9.97 Å². The number of alkyl halides is 3. The number of anilines is 2. The molecule has 0 aliphatic heterocycles. The van der Waals surface area contributed by atoms with Crippen LogP contribution in [0.25, 0.3) is 0 Å². The second-order valence-electron chi connectivity index (χ2n) is 6.71. The lowest BCUT2D eigenvalue weighted by Gasteiger charge is -2.23. The molecule has 0 amide bonds. The van der Waals surface area contributed by atoms with E-state index in [2.05, 4.69) is 9.97 Å². The molecule has 0 aliphatic carbocycles. The van der Waals surface area contributed by atoms with E-state index < -0.39 is 17.6 Å². The van der Waals surface area contributed by atoms with Crippen LogP contribution < -0.4 is 14.4 Å². The highest BCUT2D eigenvalue weighted by molar-refractivity contribution is 5.60. The van der Waals surface area contributed by atoms with Gasteiger partial charge in [0.1, 0.15) is 17.1 Å². The third-order valence-corrected chi connectivity index (χ3v) is 4.06. The van der Waals surface area contributed by atoms with E-state index in [4.69, 9.17) is 9.47 Å². The molecule has 0 radical (unpaired) electrons. The predicted molar refractivity (Wildman–Crippen MR) is 108 cm³/mol. The summed E-state index contributed by atoms with van der Waals surface area (Å²) in [4.78, 5) is 9.75. The van der Waals surface area contributed by atoms with Gasteiger partial charge in [0.15, 0.2) is 0 Å². The van der Waals surface area contributed by atoms with Crippen molar-refractivity contribution >= 4 is 11.6 Å². The van der Waals surface area contributed by atoms with Crippen LogP contribution in [-0.4, -0.2) is 22.6 Å². The minimum Gasteiger partial charge on any atom is -0.491 e. The standard InChI is InChI=1S/C22H22F3N3O2/c1-4-28(16-9-8-12-18(13-16)29-15(2)3)21-26-14-19(22(23,24)25)20(27-21)30-17-10-6-5-7-11-17/h5-15H,4H2,1-3H3. The van der Waals surface area contributed by atoms with Gasteiger partial charge >= 0.3 is 6.18 Å². The van der Waals surface area contributed by atoms with Gasteiger partial charge < -0.3 is 14.4 Å². The molecule has 0 fully saturated rings. The average Bonchev–Trinajstić information content (AvgIpc) is 2.68. The molecule has 5 nitrogen and oxygen atoms in total. The summed E-state index contributed by atoms with van der Waals surface area (Å²) in [6, 6.07) is 15.4. The summed E-state index contributed by atoms with van der Waals surface area (Å²) < 4.78 is 51.6. The van der Waals surface area contributed by atoms with Crippen molar-refractivity contribution < 1.29 is 22.6 Å². The van der Waals surface area contributed by atoms with Gasteiger partial charge in [0.25, 0.3) is 0 Å². The van der Waals surface area contributed by atoms with Crippen molar-refractivity contribution in [2.24, 2.45) is 0 Å². The molecular weight excluding hydrogens is 395 g/mol. The maximum absolute atomic E-state index is 13.5. The quantitative estimate of drug-likeness (QED) is 0.456. The van der Waals surface area contributed by atoms with Crippen LogP contribution in [0, 0.1) is 0 Å². The summed E-state index contributed by atoms with van der Waals surface area (Å²) in [5.41, 5.74) is -0.343. The topological polar surface area (TPSA) is 47.5 Å². The van der Waals surface area contributed by atoms with E-state index in [-0.39, 0.29) is 17.8 Å². The van der Waals surface area contributed by atoms with Gasteiger partial charge in [0.05, 0.1) is 6.10 Å². The molecule has 0 aliphatic rings. The van der Waals surface area contributed by atoms with E-state index in [1.165, 1.54) is 0 Å². The summed E-state index contributed by atoms with van der Waals surface area (Å²) in [5.74, 6) is 0.446. The Hall–Kier alpha value is -3.29. The third kappa shape index (κ3) is 5.20. The Bertz CT molecular complexity index is 979. The van der Waals surface area contributed by atoms with Crippen LogP contribution in [0.5, 0.6) is 17.4 Å². The Morgan fingerprint density at radius 2 is 1.70 bits per heavy atom. The van der Waals surface area contributed by atoms with E-state index in [1.54, 1.807) is 47.4 Å². The fraction of sp³-hybridized carbons (Fsp3) is 0.273. The number of rotatable bonds is 7. The van der Waals surface area contributed by atoms with Crippen LogP contribution >= 0.6 is 0 Å². The molecule has 0 saturated carbocycles. The van der Waals surface area contributed by atoms with Crippen LogP contribution in [0.3, 0.4) is 0 Å². The first kappa shape index (κ1) is 21.4. The van der Waals surface area contributed by atoms with Gasteiger partial charge in [-0.15, -0.1) is 0 Å². The number of nitrogens with zero attached hydrogens (tertiary/aromatic N) is 3. The van der Waals surface area contributed by atoms with Gasteiger partial charge in [0, 0.05) is 24.5 Å². The zero-order chi connectivity index (χ0) is 21.7. The first-order valence-electron chi connectivity index (χ1n) is 9.49. The molecule has 3 rings (SSSR count). The lowest BCUT2D eigenvalue weighted by molar-refractivity contribution is -0.139. The smallest absolute Gasteiger partial charge is 0.423 e. The highest BCUT2D eigenvalue weighted by atomic mass is 19.4. The van der Waals surface area contributed by atoms with E-state index in [1.807, 2.05) is 32.9 Å². The molecule has 8 heteroatoms. The largest absolute Gasteiger partial charge is 0.491 e. The van der Waals surface area contributed by atoms with Gasteiger partial charge in [-0.1, -0.05) is 24.3 Å². The maximum Gasteiger partial charge on any atom is 0.423 e. The van der Waals surface area contributed by atoms with Crippen molar-refractivity contribution in [3.05, 3.63) is 66.4 Å². The molecule has 30 heavy (non-hydrogen) atoms. The molecule has 0 saturated heterocycles. The fourth-order valence-corrected chi connectivity index (χ4v) is 2.80. The Labute approximate surface area is 173 Å². The van der Waals surface area contributed by atoms with Crippen LogP contribution in [0.4, 0.5) is 24.8 Å². The lowest BCUT2D eigenvalue weighted by Crippen LogP contribution is -2.20. The summed E-state index contributed by atoms with van der Waals surface area (Å²) in [6.07, 6.45) is -3.91. The van der Waals surface area contributed by atoms with E-state index in [0.29, 0.717) is 18.0 Å². The zero-order valence-electron chi connectivity index (χ0n) is 16.8. The molecule has 1 aromatic heterocycles. The van der Waals surface area contributed by atoms with E-state index in [9.17, 15) is 13.2 Å². The molecule has 1 heterocycles. The number of hydrogen-bond donors (Lipinski definition) is 0. The minimum atomic E-state index is -4.65. The summed E-state index contributed by atoms with van der Waals surface area (Å²) in [6.45, 7) is 6.11. The lowest BCUT2D eigenvalue weighted by atomic mass is 10.2. The van der Waals surface area contributed by atoms with Crippen LogP contribution in [0.15, 0.2) is 60.8 Å². The monoisotopic (exact) mass is 417 g/mol. The molecule has 3 aromatic rings. The number of ether oxygens (including phenoxy) is 2. The summed E-state index contributed by atoms with van der Waals surface area (Å²) in [5, 5.41) is 0. The molecule has 0 unspecified atom stereocenters. The van der Waals surface area contributed by atoms with E-state index >= 15 is 0 Å². The number of hydrogen-bond acceptors (Lipinski definition) is 5. The highest BCUT2D eigenvalue weighted by Crippen LogP contribution is 2.38. The molecular formula is C22H22F3N3O2. The van der Waals surface area contributed by atoms with Crippen molar-refractivity contribution in [2.45, 2.75) is 33.1 Å². The van der Waals surface area contributed by atoms with Gasteiger partial charge in [-0.25, -0.2) is 4.98 Å². The van der Waals surface area contributed by atoms with Gasteiger partial charge in [0.2, 0.25) is 11.8 Å². The molecule has 0 N–H and O–H groups in total. The zero-order valence-corrected chi connectivity index (χ0v) is 16.8. The Kier molecular flexibility index (Phi) is 6.44. The molecule has 0 spiro atoms. The summed E-state index contributed by atoms with van der Waals surface area (Å²) >= 11 is 0. The first-order chi connectivity index (χ1) is 14.3. The molecule has 0 bridgehead atoms. The van der Waals surface area contributed by atoms with Crippen molar-refractivity contribution in [2.75, 3.05) is 11.4 Å².